The fraction of sp³-hybridized carbons (Fsp3) is 0.188. The Hall–Kier alpha value is -2.17. The van der Waals surface area contributed by atoms with Crippen LogP contribution >= 0.6 is 0 Å². The van der Waals surface area contributed by atoms with Crippen LogP contribution in [-0.4, -0.2) is 17.2 Å². The molecule has 2 aromatic rings. The predicted octanol–water partition coefficient (Wildman–Crippen LogP) is 2.07. The lowest BCUT2D eigenvalue weighted by Gasteiger charge is -2.19. The fourth-order valence-electron chi connectivity index (χ4n) is 2.64. The Morgan fingerprint density at radius 3 is 1.55 bits per heavy atom. The number of carbonyl (C=O) groups is 1. The van der Waals surface area contributed by atoms with Gasteiger partial charge in [0.05, 0.1) is 12.1 Å². The molecular formula is C16H16N2O2. The quantitative estimate of drug-likeness (QED) is 0.797. The second kappa shape index (κ2) is 5.45. The zero-order chi connectivity index (χ0) is 13.9. The van der Waals surface area contributed by atoms with Gasteiger partial charge in [0.25, 0.3) is 0 Å². The Bertz CT molecular complexity index is 538. The van der Waals surface area contributed by atoms with Gasteiger partial charge in [0.1, 0.15) is 0 Å². The molecule has 0 amide bonds. The number of nitrogens with one attached hydrogen (secondary N) is 2. The molecule has 1 aliphatic heterocycles. The van der Waals surface area contributed by atoms with Crippen LogP contribution in [0.1, 0.15) is 23.2 Å². The molecule has 0 unspecified atom stereocenters. The van der Waals surface area contributed by atoms with Crippen LogP contribution in [0.4, 0.5) is 0 Å². The van der Waals surface area contributed by atoms with Crippen molar-refractivity contribution in [1.29, 1.82) is 0 Å². The molecule has 1 heterocycles. The number of hydrogen-bond donors (Lipinski definition) is 3. The third kappa shape index (κ3) is 2.43. The van der Waals surface area contributed by atoms with Gasteiger partial charge in [0, 0.05) is 0 Å². The number of carboxylic acids is 1. The van der Waals surface area contributed by atoms with Crippen LogP contribution in [0, 0.1) is 0 Å². The third-order valence-electron chi connectivity index (χ3n) is 3.59. The Kier molecular flexibility index (Phi) is 3.50. The molecule has 0 saturated carbocycles. The molecule has 20 heavy (non-hydrogen) atoms. The molecule has 2 atom stereocenters. The summed E-state index contributed by atoms with van der Waals surface area (Å²) in [5.41, 5.74) is 2.16. The van der Waals surface area contributed by atoms with E-state index in [-0.39, 0.29) is 12.1 Å². The molecule has 1 saturated heterocycles. The molecule has 0 spiro atoms. The highest BCUT2D eigenvalue weighted by Gasteiger charge is 2.38. The van der Waals surface area contributed by atoms with Gasteiger partial charge >= 0.3 is 5.97 Å². The van der Waals surface area contributed by atoms with Gasteiger partial charge in [0.2, 0.25) is 0 Å². The van der Waals surface area contributed by atoms with Crippen molar-refractivity contribution >= 4 is 5.97 Å². The summed E-state index contributed by atoms with van der Waals surface area (Å²) in [6.07, 6.45) is -0.731. The second-order valence-corrected chi connectivity index (χ2v) is 4.88. The van der Waals surface area contributed by atoms with Crippen molar-refractivity contribution in [3.63, 3.8) is 0 Å². The number of carboxylic acid groups (broad SMARTS) is 1. The average molecular weight is 268 g/mol. The summed E-state index contributed by atoms with van der Waals surface area (Å²) in [6, 6.07) is 19.7. The van der Waals surface area contributed by atoms with E-state index in [1.54, 1.807) is 0 Å². The van der Waals surface area contributed by atoms with Gasteiger partial charge in [0.15, 0.2) is 6.17 Å². The normalized spacial score (nSPS) is 22.8. The van der Waals surface area contributed by atoms with Crippen LogP contribution < -0.4 is 10.6 Å². The highest BCUT2D eigenvalue weighted by molar-refractivity contribution is 5.73. The van der Waals surface area contributed by atoms with Crippen LogP contribution in [0.3, 0.4) is 0 Å². The molecule has 0 bridgehead atoms. The maximum Gasteiger partial charge on any atom is 0.335 e. The molecule has 0 aliphatic carbocycles. The van der Waals surface area contributed by atoms with Gasteiger partial charge in [-0.05, 0) is 11.1 Å². The Balaban J connectivity index is 1.95. The van der Waals surface area contributed by atoms with Crippen molar-refractivity contribution < 1.29 is 9.90 Å². The molecule has 4 nitrogen and oxygen atoms in total. The Labute approximate surface area is 117 Å². The SMILES string of the molecule is O=C(O)C1N[C@H](c2ccccc2)[C@@H](c2ccccc2)N1. The molecule has 1 aliphatic rings. The topological polar surface area (TPSA) is 61.4 Å². The maximum absolute atomic E-state index is 11.2. The van der Waals surface area contributed by atoms with Crippen LogP contribution in [0.2, 0.25) is 0 Å². The van der Waals surface area contributed by atoms with Gasteiger partial charge in [-0.2, -0.15) is 0 Å². The summed E-state index contributed by atoms with van der Waals surface area (Å²) in [7, 11) is 0. The monoisotopic (exact) mass is 268 g/mol. The molecule has 3 rings (SSSR count). The Morgan fingerprint density at radius 1 is 0.800 bits per heavy atom. The summed E-state index contributed by atoms with van der Waals surface area (Å²) in [4.78, 5) is 11.2. The van der Waals surface area contributed by atoms with E-state index in [9.17, 15) is 9.90 Å². The lowest BCUT2D eigenvalue weighted by molar-refractivity contribution is -0.139. The lowest BCUT2D eigenvalue weighted by atomic mass is 9.95. The summed E-state index contributed by atoms with van der Waals surface area (Å²) >= 11 is 0. The number of rotatable bonds is 3. The number of hydrogen-bond acceptors (Lipinski definition) is 3. The first-order chi connectivity index (χ1) is 9.75. The molecule has 1 fully saturated rings. The summed E-state index contributed by atoms with van der Waals surface area (Å²) in [6.45, 7) is 0. The molecule has 2 aromatic carbocycles. The minimum atomic E-state index is -0.885. The van der Waals surface area contributed by atoms with E-state index in [0.29, 0.717) is 0 Å². The first-order valence-corrected chi connectivity index (χ1v) is 6.60. The van der Waals surface area contributed by atoms with Gasteiger partial charge < -0.3 is 5.11 Å². The highest BCUT2D eigenvalue weighted by atomic mass is 16.4. The predicted molar refractivity (Wildman–Crippen MR) is 76.1 cm³/mol. The fourth-order valence-corrected chi connectivity index (χ4v) is 2.64. The first kappa shape index (κ1) is 12.8. The van der Waals surface area contributed by atoms with Gasteiger partial charge in [-0.15, -0.1) is 0 Å². The van der Waals surface area contributed by atoms with E-state index in [0.717, 1.165) is 11.1 Å². The minimum Gasteiger partial charge on any atom is -0.479 e. The van der Waals surface area contributed by atoms with Gasteiger partial charge in [-0.1, -0.05) is 60.7 Å². The van der Waals surface area contributed by atoms with Crippen LogP contribution in [0.15, 0.2) is 60.7 Å². The van der Waals surface area contributed by atoms with E-state index in [1.165, 1.54) is 0 Å². The minimum absolute atomic E-state index is 0.0558. The van der Waals surface area contributed by atoms with Crippen molar-refractivity contribution in [2.75, 3.05) is 0 Å². The molecule has 4 heteroatoms. The largest absolute Gasteiger partial charge is 0.479 e. The van der Waals surface area contributed by atoms with Crippen molar-refractivity contribution in [2.45, 2.75) is 18.2 Å². The second-order valence-electron chi connectivity index (χ2n) is 4.88. The average Bonchev–Trinajstić information content (AvgIpc) is 2.94. The summed E-state index contributed by atoms with van der Waals surface area (Å²) < 4.78 is 0. The molecular weight excluding hydrogens is 252 g/mol. The Morgan fingerprint density at radius 2 is 1.20 bits per heavy atom. The van der Waals surface area contributed by atoms with Crippen LogP contribution in [-0.2, 0) is 4.79 Å². The molecule has 0 radical (unpaired) electrons. The standard InChI is InChI=1S/C16H16N2O2/c19-16(20)15-17-13(11-7-3-1-4-8-11)14(18-15)12-9-5-2-6-10-12/h1-10,13-15,17-18H,(H,19,20)/t13-,14-/m1/s1. The van der Waals surface area contributed by atoms with Crippen molar-refractivity contribution in [1.82, 2.24) is 10.6 Å². The lowest BCUT2D eigenvalue weighted by Crippen LogP contribution is -2.39. The maximum atomic E-state index is 11.2. The molecule has 102 valence electrons. The van der Waals surface area contributed by atoms with Gasteiger partial charge in [-0.3, -0.25) is 10.6 Å². The van der Waals surface area contributed by atoms with E-state index in [1.807, 2.05) is 60.7 Å². The zero-order valence-electron chi connectivity index (χ0n) is 10.9. The first-order valence-electron chi connectivity index (χ1n) is 6.60. The third-order valence-corrected chi connectivity index (χ3v) is 3.59. The summed E-state index contributed by atoms with van der Waals surface area (Å²) in [5, 5.41) is 15.5. The van der Waals surface area contributed by atoms with Gasteiger partial charge in [-0.25, -0.2) is 4.79 Å². The number of aliphatic carboxylic acids is 1. The molecule has 3 N–H and O–H groups in total. The van der Waals surface area contributed by atoms with E-state index >= 15 is 0 Å². The van der Waals surface area contributed by atoms with Crippen LogP contribution in [0.25, 0.3) is 0 Å². The van der Waals surface area contributed by atoms with Crippen molar-refractivity contribution in [2.24, 2.45) is 0 Å². The molecule has 0 aromatic heterocycles. The van der Waals surface area contributed by atoms with Crippen molar-refractivity contribution in [3.05, 3.63) is 71.8 Å². The summed E-state index contributed by atoms with van der Waals surface area (Å²) in [5.74, 6) is -0.885. The number of benzene rings is 2. The van der Waals surface area contributed by atoms with Crippen molar-refractivity contribution in [3.8, 4) is 0 Å². The van der Waals surface area contributed by atoms with E-state index < -0.39 is 12.1 Å². The van der Waals surface area contributed by atoms with E-state index in [2.05, 4.69) is 10.6 Å². The van der Waals surface area contributed by atoms with Crippen LogP contribution in [0.5, 0.6) is 0 Å². The van der Waals surface area contributed by atoms with E-state index in [4.69, 9.17) is 0 Å². The zero-order valence-corrected chi connectivity index (χ0v) is 10.9. The highest BCUT2D eigenvalue weighted by Crippen LogP contribution is 2.33. The smallest absolute Gasteiger partial charge is 0.335 e.